The first-order valence-electron chi connectivity index (χ1n) is 6.77. The molecular formula is C15H20N2O3. The Hall–Kier alpha value is -2.04. The zero-order valence-electron chi connectivity index (χ0n) is 12.1. The van der Waals surface area contributed by atoms with Crippen molar-refractivity contribution in [2.45, 2.75) is 32.3 Å². The molecule has 0 saturated carbocycles. The number of amides is 1. The van der Waals surface area contributed by atoms with Crippen molar-refractivity contribution in [3.05, 3.63) is 29.8 Å². The molecule has 0 bridgehead atoms. The van der Waals surface area contributed by atoms with Crippen LogP contribution in [-0.4, -0.2) is 30.9 Å². The number of carbonyl (C=O) groups is 1. The Balaban J connectivity index is 2.13. The Morgan fingerprint density at radius 2 is 2.25 bits per heavy atom. The van der Waals surface area contributed by atoms with E-state index < -0.39 is 5.60 Å². The van der Waals surface area contributed by atoms with Gasteiger partial charge >= 0.3 is 0 Å². The van der Waals surface area contributed by atoms with Crippen LogP contribution in [-0.2, 0) is 9.63 Å². The van der Waals surface area contributed by atoms with E-state index in [0.29, 0.717) is 13.0 Å². The third-order valence-corrected chi connectivity index (χ3v) is 3.30. The van der Waals surface area contributed by atoms with Gasteiger partial charge in [-0.3, -0.25) is 4.79 Å². The summed E-state index contributed by atoms with van der Waals surface area (Å²) >= 11 is 0. The molecule has 1 aromatic rings. The van der Waals surface area contributed by atoms with Crippen LogP contribution in [0.5, 0.6) is 5.75 Å². The van der Waals surface area contributed by atoms with Gasteiger partial charge in [-0.15, -0.1) is 0 Å². The fraction of sp³-hybridized carbons (Fsp3) is 0.467. The molecule has 1 atom stereocenters. The summed E-state index contributed by atoms with van der Waals surface area (Å²) in [4.78, 5) is 17.5. The molecule has 1 amide bonds. The molecule has 0 saturated heterocycles. The second-order valence-electron chi connectivity index (χ2n) is 4.99. The Morgan fingerprint density at radius 3 is 2.95 bits per heavy atom. The molecule has 108 valence electrons. The van der Waals surface area contributed by atoms with E-state index in [9.17, 15) is 4.79 Å². The number of oxime groups is 1. The van der Waals surface area contributed by atoms with Gasteiger partial charge in [-0.05, 0) is 25.5 Å². The van der Waals surface area contributed by atoms with Crippen molar-refractivity contribution in [2.75, 3.05) is 13.7 Å². The lowest BCUT2D eigenvalue weighted by molar-refractivity contribution is -0.141. The van der Waals surface area contributed by atoms with Crippen LogP contribution in [0.15, 0.2) is 29.4 Å². The maximum atomic E-state index is 12.1. The van der Waals surface area contributed by atoms with E-state index in [1.165, 1.54) is 0 Å². The van der Waals surface area contributed by atoms with Gasteiger partial charge < -0.3 is 14.9 Å². The molecule has 0 spiro atoms. The number of hydrogen-bond acceptors (Lipinski definition) is 4. The first-order valence-corrected chi connectivity index (χ1v) is 6.77. The quantitative estimate of drug-likeness (QED) is 0.896. The maximum Gasteiger partial charge on any atom is 0.267 e. The summed E-state index contributed by atoms with van der Waals surface area (Å²) in [5.41, 5.74) is 0.657. The lowest BCUT2D eigenvalue weighted by Gasteiger charge is -2.20. The molecule has 20 heavy (non-hydrogen) atoms. The molecule has 1 aliphatic rings. The van der Waals surface area contributed by atoms with Gasteiger partial charge in [0.1, 0.15) is 5.75 Å². The Morgan fingerprint density at radius 1 is 1.50 bits per heavy atom. The van der Waals surface area contributed by atoms with E-state index in [1.54, 1.807) is 14.0 Å². The third-order valence-electron chi connectivity index (χ3n) is 3.30. The van der Waals surface area contributed by atoms with Crippen molar-refractivity contribution in [2.24, 2.45) is 5.16 Å². The molecule has 1 N–H and O–H groups in total. The highest BCUT2D eigenvalue weighted by Gasteiger charge is 2.42. The number of benzene rings is 1. The summed E-state index contributed by atoms with van der Waals surface area (Å²) in [6.07, 6.45) is 1.32. The fourth-order valence-electron chi connectivity index (χ4n) is 2.11. The summed E-state index contributed by atoms with van der Waals surface area (Å²) in [5, 5.41) is 6.92. The van der Waals surface area contributed by atoms with Crippen molar-refractivity contribution in [3.63, 3.8) is 0 Å². The lowest BCUT2D eigenvalue weighted by Crippen LogP contribution is -2.45. The second-order valence-corrected chi connectivity index (χ2v) is 4.99. The zero-order valence-corrected chi connectivity index (χ0v) is 12.1. The summed E-state index contributed by atoms with van der Waals surface area (Å²) in [6.45, 7) is 4.40. The van der Waals surface area contributed by atoms with Crippen molar-refractivity contribution in [1.29, 1.82) is 0 Å². The average molecular weight is 276 g/mol. The second kappa shape index (κ2) is 5.94. The predicted molar refractivity (Wildman–Crippen MR) is 76.9 cm³/mol. The first kappa shape index (κ1) is 14.4. The highest BCUT2D eigenvalue weighted by molar-refractivity contribution is 6.07. The van der Waals surface area contributed by atoms with E-state index in [1.807, 2.05) is 31.2 Å². The molecule has 5 nitrogen and oxygen atoms in total. The van der Waals surface area contributed by atoms with E-state index in [0.717, 1.165) is 23.4 Å². The molecule has 0 aliphatic carbocycles. The van der Waals surface area contributed by atoms with Gasteiger partial charge in [0, 0.05) is 18.5 Å². The number of hydrogen-bond donors (Lipinski definition) is 1. The van der Waals surface area contributed by atoms with Crippen LogP contribution in [0.25, 0.3) is 0 Å². The van der Waals surface area contributed by atoms with E-state index in [-0.39, 0.29) is 5.91 Å². The van der Waals surface area contributed by atoms with Gasteiger partial charge in [-0.1, -0.05) is 24.2 Å². The van der Waals surface area contributed by atoms with Gasteiger partial charge in [0.25, 0.3) is 5.91 Å². The number of rotatable bonds is 5. The van der Waals surface area contributed by atoms with Crippen molar-refractivity contribution in [3.8, 4) is 5.75 Å². The molecule has 0 radical (unpaired) electrons. The monoisotopic (exact) mass is 276 g/mol. The average Bonchev–Trinajstić information content (AvgIpc) is 2.88. The third kappa shape index (κ3) is 2.76. The number of ether oxygens (including phenoxy) is 1. The van der Waals surface area contributed by atoms with Crippen LogP contribution in [0.4, 0.5) is 0 Å². The van der Waals surface area contributed by atoms with Crippen LogP contribution in [0, 0.1) is 0 Å². The smallest absolute Gasteiger partial charge is 0.267 e. The van der Waals surface area contributed by atoms with Crippen LogP contribution < -0.4 is 10.1 Å². The Kier molecular flexibility index (Phi) is 4.27. The number of nitrogens with one attached hydrogen (secondary N) is 1. The fourth-order valence-corrected chi connectivity index (χ4v) is 2.11. The van der Waals surface area contributed by atoms with Crippen molar-refractivity contribution < 1.29 is 14.4 Å². The topological polar surface area (TPSA) is 59.9 Å². The minimum absolute atomic E-state index is 0.131. The number of methoxy groups -OCH3 is 1. The van der Waals surface area contributed by atoms with Crippen LogP contribution >= 0.6 is 0 Å². The standard InChI is InChI=1S/C15H20N2O3/c1-4-9-16-14(18)15(2)10-12(17-20-15)11-7-5-6-8-13(11)19-3/h5-8H,4,9-10H2,1-3H3,(H,16,18). The number of para-hydroxylation sites is 1. The lowest BCUT2D eigenvalue weighted by atomic mass is 9.94. The van der Waals surface area contributed by atoms with Crippen LogP contribution in [0.2, 0.25) is 0 Å². The molecule has 1 aromatic carbocycles. The van der Waals surface area contributed by atoms with Gasteiger partial charge in [-0.2, -0.15) is 0 Å². The molecule has 0 fully saturated rings. The summed E-state index contributed by atoms with van der Waals surface area (Å²) in [7, 11) is 1.61. The highest BCUT2D eigenvalue weighted by Crippen LogP contribution is 2.30. The zero-order chi connectivity index (χ0) is 14.6. The van der Waals surface area contributed by atoms with Gasteiger partial charge in [-0.25, -0.2) is 0 Å². The minimum Gasteiger partial charge on any atom is -0.496 e. The summed E-state index contributed by atoms with van der Waals surface area (Å²) < 4.78 is 5.31. The minimum atomic E-state index is -0.939. The number of nitrogens with zero attached hydrogens (tertiary/aromatic N) is 1. The molecule has 1 aliphatic heterocycles. The molecule has 1 unspecified atom stereocenters. The number of carbonyl (C=O) groups excluding carboxylic acids is 1. The summed E-state index contributed by atoms with van der Waals surface area (Å²) in [5.74, 6) is 0.598. The van der Waals surface area contributed by atoms with E-state index in [4.69, 9.17) is 9.57 Å². The molecule has 5 heteroatoms. The normalized spacial score (nSPS) is 21.1. The van der Waals surface area contributed by atoms with Gasteiger partial charge in [0.05, 0.1) is 12.8 Å². The molecule has 2 rings (SSSR count). The predicted octanol–water partition coefficient (Wildman–Crippen LogP) is 2.10. The summed E-state index contributed by atoms with van der Waals surface area (Å²) in [6, 6.07) is 7.58. The first-order chi connectivity index (χ1) is 9.60. The van der Waals surface area contributed by atoms with E-state index >= 15 is 0 Å². The highest BCUT2D eigenvalue weighted by atomic mass is 16.7. The van der Waals surface area contributed by atoms with Crippen molar-refractivity contribution >= 4 is 11.6 Å². The van der Waals surface area contributed by atoms with Crippen molar-refractivity contribution in [1.82, 2.24) is 5.32 Å². The van der Waals surface area contributed by atoms with Crippen LogP contribution in [0.3, 0.4) is 0 Å². The van der Waals surface area contributed by atoms with Crippen LogP contribution in [0.1, 0.15) is 32.3 Å². The van der Waals surface area contributed by atoms with Gasteiger partial charge in [0.2, 0.25) is 5.60 Å². The Bertz CT molecular complexity index is 528. The molecule has 1 heterocycles. The van der Waals surface area contributed by atoms with Gasteiger partial charge in [0.15, 0.2) is 0 Å². The Labute approximate surface area is 118 Å². The molecule has 0 aromatic heterocycles. The molecular weight excluding hydrogens is 256 g/mol. The maximum absolute atomic E-state index is 12.1. The largest absolute Gasteiger partial charge is 0.496 e. The van der Waals surface area contributed by atoms with E-state index in [2.05, 4.69) is 10.5 Å². The SMILES string of the molecule is CCCNC(=O)C1(C)CC(c2ccccc2OC)=NO1.